The molecule has 2 aromatic heterocycles. The normalized spacial score (nSPS) is 11.3. The van der Waals surface area contributed by atoms with Gasteiger partial charge in [0.1, 0.15) is 11.1 Å². The number of aromatic nitrogens is 1. The number of pyridine rings is 1. The summed E-state index contributed by atoms with van der Waals surface area (Å²) in [5.41, 5.74) is 12.8. The highest BCUT2D eigenvalue weighted by molar-refractivity contribution is 6.07. The van der Waals surface area contributed by atoms with Crippen LogP contribution in [0.25, 0.3) is 66.2 Å². The van der Waals surface area contributed by atoms with E-state index in [4.69, 9.17) is 4.42 Å². The van der Waals surface area contributed by atoms with Crippen molar-refractivity contribution in [3.05, 3.63) is 182 Å². The Kier molecular flexibility index (Phi) is 6.80. The van der Waals surface area contributed by atoms with Gasteiger partial charge < -0.3 is 9.32 Å². The van der Waals surface area contributed by atoms with Crippen LogP contribution in [0.15, 0.2) is 187 Å². The second kappa shape index (κ2) is 11.7. The molecule has 0 saturated heterocycles. The zero-order valence-electron chi connectivity index (χ0n) is 26.1. The van der Waals surface area contributed by atoms with Crippen molar-refractivity contribution in [2.45, 2.75) is 0 Å². The second-order valence-corrected chi connectivity index (χ2v) is 12.0. The third-order valence-corrected chi connectivity index (χ3v) is 9.15. The van der Waals surface area contributed by atoms with Crippen LogP contribution in [0.4, 0.5) is 17.1 Å². The molecule has 0 unspecified atom stereocenters. The predicted molar refractivity (Wildman–Crippen MR) is 200 cm³/mol. The highest BCUT2D eigenvalue weighted by atomic mass is 16.3. The average molecular weight is 615 g/mol. The molecule has 9 aromatic rings. The molecule has 0 N–H and O–H groups in total. The summed E-state index contributed by atoms with van der Waals surface area (Å²) >= 11 is 0. The molecule has 3 heteroatoms. The van der Waals surface area contributed by atoms with Gasteiger partial charge in [-0.05, 0) is 93.2 Å². The van der Waals surface area contributed by atoms with Gasteiger partial charge in [0.25, 0.3) is 0 Å². The summed E-state index contributed by atoms with van der Waals surface area (Å²) in [6, 6.07) is 62.2. The lowest BCUT2D eigenvalue weighted by molar-refractivity contribution is 0.669. The molecule has 3 nitrogen and oxygen atoms in total. The first kappa shape index (κ1) is 27.8. The lowest BCUT2D eigenvalue weighted by Gasteiger charge is -2.26. The number of nitrogens with zero attached hydrogens (tertiary/aromatic N) is 2. The van der Waals surface area contributed by atoms with Crippen molar-refractivity contribution in [3.63, 3.8) is 0 Å². The summed E-state index contributed by atoms with van der Waals surface area (Å²) in [5, 5.41) is 3.53. The quantitative estimate of drug-likeness (QED) is 0.187. The first-order chi connectivity index (χ1) is 23.8. The number of rotatable bonds is 6. The maximum absolute atomic E-state index is 6.30. The molecule has 0 aliphatic heterocycles. The summed E-state index contributed by atoms with van der Waals surface area (Å²) in [6.07, 6.45) is 1.81. The van der Waals surface area contributed by atoms with E-state index in [0.717, 1.165) is 50.3 Å². The third kappa shape index (κ3) is 4.90. The van der Waals surface area contributed by atoms with E-state index in [-0.39, 0.29) is 0 Å². The number of para-hydroxylation sites is 1. The molecule has 0 bridgehead atoms. The van der Waals surface area contributed by atoms with Gasteiger partial charge in [-0.15, -0.1) is 0 Å². The lowest BCUT2D eigenvalue weighted by atomic mass is 9.98. The average Bonchev–Trinajstić information content (AvgIpc) is 3.55. The first-order valence-corrected chi connectivity index (χ1v) is 16.2. The molecule has 0 amide bonds. The molecule has 0 radical (unpaired) electrons. The van der Waals surface area contributed by atoms with Gasteiger partial charge in [-0.1, -0.05) is 121 Å². The van der Waals surface area contributed by atoms with Gasteiger partial charge in [0.05, 0.1) is 0 Å². The molecule has 7 aromatic carbocycles. The van der Waals surface area contributed by atoms with Crippen molar-refractivity contribution in [1.29, 1.82) is 0 Å². The van der Waals surface area contributed by atoms with E-state index in [2.05, 4.69) is 174 Å². The Morgan fingerprint density at radius 3 is 1.67 bits per heavy atom. The van der Waals surface area contributed by atoms with Crippen LogP contribution >= 0.6 is 0 Å². The monoisotopic (exact) mass is 614 g/mol. The standard InChI is InChI=1S/C45H30N2O/c1-2-9-31(10-3-1)32-18-24-36(25-19-32)47(37-26-20-34(21-27-37)40-14-6-12-33-11-4-5-13-39(33)40)38-28-22-35(23-29-38)41-15-7-16-42-44-43(48-45(41)42)17-8-30-46-44/h1-30H. The largest absolute Gasteiger partial charge is 0.454 e. The minimum atomic E-state index is 0.800. The molecule has 226 valence electrons. The number of fused-ring (bicyclic) bond motifs is 4. The molecule has 0 aliphatic carbocycles. The van der Waals surface area contributed by atoms with E-state index < -0.39 is 0 Å². The zero-order chi connectivity index (χ0) is 31.9. The molecule has 0 aliphatic rings. The molecule has 48 heavy (non-hydrogen) atoms. The summed E-state index contributed by atoms with van der Waals surface area (Å²) < 4.78 is 6.30. The van der Waals surface area contributed by atoms with Crippen LogP contribution in [0.5, 0.6) is 0 Å². The fourth-order valence-electron chi connectivity index (χ4n) is 6.78. The van der Waals surface area contributed by atoms with Crippen LogP contribution < -0.4 is 4.90 Å². The van der Waals surface area contributed by atoms with Gasteiger partial charge in [0.15, 0.2) is 5.58 Å². The van der Waals surface area contributed by atoms with E-state index in [1.807, 2.05) is 18.3 Å². The second-order valence-electron chi connectivity index (χ2n) is 12.0. The topological polar surface area (TPSA) is 29.3 Å². The van der Waals surface area contributed by atoms with E-state index >= 15 is 0 Å². The fourth-order valence-corrected chi connectivity index (χ4v) is 6.78. The molecular weight excluding hydrogens is 585 g/mol. The fraction of sp³-hybridized carbons (Fsp3) is 0. The van der Waals surface area contributed by atoms with Crippen molar-refractivity contribution in [1.82, 2.24) is 4.98 Å². The van der Waals surface area contributed by atoms with Gasteiger partial charge in [0, 0.05) is 34.2 Å². The van der Waals surface area contributed by atoms with Crippen molar-refractivity contribution in [2.24, 2.45) is 0 Å². The number of furan rings is 1. The van der Waals surface area contributed by atoms with Gasteiger partial charge in [-0.2, -0.15) is 0 Å². The predicted octanol–water partition coefficient (Wildman–Crippen LogP) is 12.6. The number of anilines is 3. The Bertz CT molecular complexity index is 2530. The van der Waals surface area contributed by atoms with Crippen LogP contribution in [0, 0.1) is 0 Å². The zero-order valence-corrected chi connectivity index (χ0v) is 26.1. The maximum Gasteiger partial charge on any atom is 0.153 e. The van der Waals surface area contributed by atoms with E-state index in [9.17, 15) is 0 Å². The molecule has 2 heterocycles. The van der Waals surface area contributed by atoms with E-state index in [1.54, 1.807) is 0 Å². The van der Waals surface area contributed by atoms with Gasteiger partial charge in [0.2, 0.25) is 0 Å². The SMILES string of the molecule is c1ccc(-c2ccc(N(c3ccc(-c4cccc5ccccc45)cc3)c3ccc(-c4cccc5c4oc4cccnc45)cc3)cc2)cc1. The Balaban J connectivity index is 1.12. The minimum Gasteiger partial charge on any atom is -0.454 e. The van der Waals surface area contributed by atoms with Crippen molar-refractivity contribution in [3.8, 4) is 33.4 Å². The van der Waals surface area contributed by atoms with E-state index in [1.165, 1.54) is 33.0 Å². The number of hydrogen-bond acceptors (Lipinski definition) is 3. The van der Waals surface area contributed by atoms with Crippen LogP contribution in [0.3, 0.4) is 0 Å². The molecular formula is C45H30N2O. The molecule has 9 rings (SSSR count). The van der Waals surface area contributed by atoms with Crippen molar-refractivity contribution < 1.29 is 4.42 Å². The Morgan fingerprint density at radius 1 is 0.396 bits per heavy atom. The van der Waals surface area contributed by atoms with Crippen molar-refractivity contribution in [2.75, 3.05) is 4.90 Å². The third-order valence-electron chi connectivity index (χ3n) is 9.15. The molecule has 0 saturated carbocycles. The summed E-state index contributed by atoms with van der Waals surface area (Å²) in [5.74, 6) is 0. The molecule has 0 fully saturated rings. The van der Waals surface area contributed by atoms with Gasteiger partial charge in [-0.25, -0.2) is 0 Å². The Hall–Kier alpha value is -6.45. The summed E-state index contributed by atoms with van der Waals surface area (Å²) in [7, 11) is 0. The van der Waals surface area contributed by atoms with Gasteiger partial charge >= 0.3 is 0 Å². The maximum atomic E-state index is 6.30. The molecule has 0 atom stereocenters. The van der Waals surface area contributed by atoms with Crippen molar-refractivity contribution >= 4 is 49.9 Å². The summed E-state index contributed by atoms with van der Waals surface area (Å²) in [4.78, 5) is 6.89. The number of benzene rings is 7. The molecule has 0 spiro atoms. The van der Waals surface area contributed by atoms with Crippen LogP contribution in [0.2, 0.25) is 0 Å². The number of hydrogen-bond donors (Lipinski definition) is 0. The Labute approximate surface area is 279 Å². The Morgan fingerprint density at radius 2 is 0.938 bits per heavy atom. The van der Waals surface area contributed by atoms with Crippen LogP contribution in [-0.4, -0.2) is 4.98 Å². The summed E-state index contributed by atoms with van der Waals surface area (Å²) in [6.45, 7) is 0. The van der Waals surface area contributed by atoms with Gasteiger partial charge in [-0.3, -0.25) is 4.98 Å². The smallest absolute Gasteiger partial charge is 0.153 e. The van der Waals surface area contributed by atoms with E-state index in [0.29, 0.717) is 0 Å². The minimum absolute atomic E-state index is 0.800. The van der Waals surface area contributed by atoms with Crippen LogP contribution in [-0.2, 0) is 0 Å². The first-order valence-electron chi connectivity index (χ1n) is 16.2. The van der Waals surface area contributed by atoms with Crippen LogP contribution in [0.1, 0.15) is 0 Å². The lowest BCUT2D eigenvalue weighted by Crippen LogP contribution is -2.09. The highest BCUT2D eigenvalue weighted by Gasteiger charge is 2.16. The highest BCUT2D eigenvalue weighted by Crippen LogP contribution is 2.40.